The molecule has 0 aliphatic carbocycles. The molecule has 0 spiro atoms. The lowest BCUT2D eigenvalue weighted by molar-refractivity contribution is 0.339. The smallest absolute Gasteiger partial charge is 0.121 e. The van der Waals surface area contributed by atoms with Crippen molar-refractivity contribution in [3.05, 3.63) is 24.3 Å². The Labute approximate surface area is 116 Å². The first-order valence-electron chi connectivity index (χ1n) is 7.47. The maximum atomic E-state index is 5.59. The molecule has 3 nitrogen and oxygen atoms in total. The van der Waals surface area contributed by atoms with Crippen molar-refractivity contribution in [1.29, 1.82) is 0 Å². The summed E-state index contributed by atoms with van der Waals surface area (Å²) in [5.74, 6) is 0.973. The number of piperidine rings is 1. The van der Waals surface area contributed by atoms with E-state index < -0.39 is 0 Å². The van der Waals surface area contributed by atoms with E-state index in [2.05, 4.69) is 42.3 Å². The fourth-order valence-electron chi connectivity index (χ4n) is 2.95. The Morgan fingerprint density at radius 2 is 2.21 bits per heavy atom. The Balaban J connectivity index is 2.04. The molecule has 106 valence electrons. The van der Waals surface area contributed by atoms with Crippen LogP contribution in [0.3, 0.4) is 0 Å². The Hall–Kier alpha value is -1.22. The van der Waals surface area contributed by atoms with Gasteiger partial charge in [-0.3, -0.25) is 0 Å². The van der Waals surface area contributed by atoms with Gasteiger partial charge in [0.2, 0.25) is 0 Å². The quantitative estimate of drug-likeness (QED) is 0.882. The number of anilines is 1. The summed E-state index contributed by atoms with van der Waals surface area (Å²) < 4.78 is 5.59. The van der Waals surface area contributed by atoms with Crippen molar-refractivity contribution in [3.8, 4) is 5.75 Å². The van der Waals surface area contributed by atoms with Crippen molar-refractivity contribution in [2.24, 2.45) is 0 Å². The summed E-state index contributed by atoms with van der Waals surface area (Å²) >= 11 is 0. The van der Waals surface area contributed by atoms with Gasteiger partial charge in [-0.2, -0.15) is 0 Å². The van der Waals surface area contributed by atoms with Crippen molar-refractivity contribution in [2.45, 2.75) is 45.7 Å². The summed E-state index contributed by atoms with van der Waals surface area (Å²) in [6, 6.07) is 9.72. The molecular formula is C16H26N2O. The average Bonchev–Trinajstić information content (AvgIpc) is 2.40. The van der Waals surface area contributed by atoms with E-state index in [9.17, 15) is 0 Å². The summed E-state index contributed by atoms with van der Waals surface area (Å²) in [7, 11) is 0. The van der Waals surface area contributed by atoms with Crippen molar-refractivity contribution in [3.63, 3.8) is 0 Å². The van der Waals surface area contributed by atoms with Gasteiger partial charge in [-0.15, -0.1) is 0 Å². The second-order valence-corrected chi connectivity index (χ2v) is 5.25. The molecule has 1 saturated heterocycles. The molecule has 0 saturated carbocycles. The van der Waals surface area contributed by atoms with Gasteiger partial charge in [0.05, 0.1) is 6.61 Å². The minimum absolute atomic E-state index is 0.578. The van der Waals surface area contributed by atoms with E-state index in [4.69, 9.17) is 4.74 Å². The van der Waals surface area contributed by atoms with Crippen LogP contribution in [-0.4, -0.2) is 31.8 Å². The van der Waals surface area contributed by atoms with Crippen molar-refractivity contribution in [1.82, 2.24) is 5.32 Å². The Bertz CT molecular complexity index is 394. The van der Waals surface area contributed by atoms with Gasteiger partial charge in [0.1, 0.15) is 5.75 Å². The highest BCUT2D eigenvalue weighted by atomic mass is 16.5. The Kier molecular flexibility index (Phi) is 5.08. The molecule has 1 aromatic rings. The summed E-state index contributed by atoms with van der Waals surface area (Å²) in [6.07, 6.45) is 2.43. The molecule has 0 radical (unpaired) electrons. The van der Waals surface area contributed by atoms with Crippen molar-refractivity contribution >= 4 is 5.69 Å². The summed E-state index contributed by atoms with van der Waals surface area (Å²) in [5.41, 5.74) is 1.29. The van der Waals surface area contributed by atoms with Crippen LogP contribution in [0.4, 0.5) is 5.69 Å². The number of benzene rings is 1. The Morgan fingerprint density at radius 1 is 1.37 bits per heavy atom. The van der Waals surface area contributed by atoms with Gasteiger partial charge in [0.15, 0.2) is 0 Å². The van der Waals surface area contributed by atoms with E-state index in [0.717, 1.165) is 25.4 Å². The van der Waals surface area contributed by atoms with Crippen LogP contribution in [-0.2, 0) is 0 Å². The molecule has 19 heavy (non-hydrogen) atoms. The minimum Gasteiger partial charge on any atom is -0.494 e. The summed E-state index contributed by atoms with van der Waals surface area (Å²) in [4.78, 5) is 2.50. The Morgan fingerprint density at radius 3 is 2.89 bits per heavy atom. The van der Waals surface area contributed by atoms with Gasteiger partial charge in [0, 0.05) is 30.4 Å². The minimum atomic E-state index is 0.578. The van der Waals surface area contributed by atoms with E-state index in [1.807, 2.05) is 13.0 Å². The first-order valence-corrected chi connectivity index (χ1v) is 7.47. The zero-order chi connectivity index (χ0) is 13.7. The zero-order valence-electron chi connectivity index (χ0n) is 12.4. The molecule has 2 rings (SSSR count). The third-order valence-corrected chi connectivity index (χ3v) is 3.83. The molecule has 2 atom stereocenters. The maximum Gasteiger partial charge on any atom is 0.121 e. The lowest BCUT2D eigenvalue weighted by Crippen LogP contribution is -2.47. The maximum absolute atomic E-state index is 5.59. The average molecular weight is 262 g/mol. The molecule has 1 heterocycles. The predicted molar refractivity (Wildman–Crippen MR) is 81.1 cm³/mol. The zero-order valence-corrected chi connectivity index (χ0v) is 12.4. The van der Waals surface area contributed by atoms with E-state index in [0.29, 0.717) is 12.1 Å². The number of hydrogen-bond donors (Lipinski definition) is 1. The van der Waals surface area contributed by atoms with Gasteiger partial charge < -0.3 is 15.0 Å². The fourth-order valence-corrected chi connectivity index (χ4v) is 2.95. The van der Waals surface area contributed by atoms with Crippen LogP contribution < -0.4 is 15.0 Å². The first kappa shape index (κ1) is 14.2. The molecule has 3 heteroatoms. The number of ether oxygens (including phenoxy) is 1. The van der Waals surface area contributed by atoms with E-state index in [-0.39, 0.29) is 0 Å². The first-order chi connectivity index (χ1) is 9.24. The van der Waals surface area contributed by atoms with Gasteiger partial charge >= 0.3 is 0 Å². The van der Waals surface area contributed by atoms with Crippen LogP contribution in [0.1, 0.15) is 33.6 Å². The molecular weight excluding hydrogens is 236 g/mol. The lowest BCUT2D eigenvalue weighted by atomic mass is 9.97. The largest absolute Gasteiger partial charge is 0.494 e. The number of hydrogen-bond acceptors (Lipinski definition) is 3. The van der Waals surface area contributed by atoms with Gasteiger partial charge in [-0.05, 0) is 45.4 Å². The van der Waals surface area contributed by atoms with E-state index >= 15 is 0 Å². The third kappa shape index (κ3) is 3.63. The highest BCUT2D eigenvalue weighted by molar-refractivity contribution is 5.52. The molecule has 0 aromatic heterocycles. The second-order valence-electron chi connectivity index (χ2n) is 5.25. The van der Waals surface area contributed by atoms with Crippen molar-refractivity contribution in [2.75, 3.05) is 24.6 Å². The van der Waals surface area contributed by atoms with E-state index in [1.54, 1.807) is 0 Å². The van der Waals surface area contributed by atoms with Gasteiger partial charge in [-0.1, -0.05) is 13.0 Å². The SMILES string of the molecule is CCNC1CCN(c2cccc(OCC)c2)C(C)C1. The van der Waals surface area contributed by atoms with Crippen LogP contribution in [0.5, 0.6) is 5.75 Å². The molecule has 1 aliphatic rings. The predicted octanol–water partition coefficient (Wildman–Crippen LogP) is 3.05. The van der Waals surface area contributed by atoms with Gasteiger partial charge in [-0.25, -0.2) is 0 Å². The molecule has 1 N–H and O–H groups in total. The molecule has 0 amide bonds. The van der Waals surface area contributed by atoms with E-state index in [1.165, 1.54) is 18.5 Å². The van der Waals surface area contributed by atoms with Gasteiger partial charge in [0.25, 0.3) is 0 Å². The number of rotatable bonds is 5. The van der Waals surface area contributed by atoms with Crippen LogP contribution in [0, 0.1) is 0 Å². The van der Waals surface area contributed by atoms with Crippen molar-refractivity contribution < 1.29 is 4.74 Å². The highest BCUT2D eigenvalue weighted by Crippen LogP contribution is 2.27. The molecule has 1 aromatic carbocycles. The number of nitrogens with zero attached hydrogens (tertiary/aromatic N) is 1. The monoisotopic (exact) mass is 262 g/mol. The topological polar surface area (TPSA) is 24.5 Å². The van der Waals surface area contributed by atoms with Crippen LogP contribution in [0.15, 0.2) is 24.3 Å². The highest BCUT2D eigenvalue weighted by Gasteiger charge is 2.25. The third-order valence-electron chi connectivity index (χ3n) is 3.83. The standard InChI is InChI=1S/C16H26N2O/c1-4-17-14-9-10-18(13(3)11-14)15-7-6-8-16(12-15)19-5-2/h6-8,12-14,17H,4-5,9-11H2,1-3H3. The summed E-state index contributed by atoms with van der Waals surface area (Å²) in [5, 5.41) is 3.57. The van der Waals surface area contributed by atoms with Crippen LogP contribution in [0.25, 0.3) is 0 Å². The normalized spacial score (nSPS) is 23.4. The second kappa shape index (κ2) is 6.80. The number of nitrogens with one attached hydrogen (secondary N) is 1. The molecule has 2 unspecified atom stereocenters. The summed E-state index contributed by atoms with van der Waals surface area (Å²) in [6.45, 7) is 9.43. The molecule has 0 bridgehead atoms. The van der Waals surface area contributed by atoms with Crippen LogP contribution in [0.2, 0.25) is 0 Å². The molecule has 1 aliphatic heterocycles. The van der Waals surface area contributed by atoms with Crippen LogP contribution >= 0.6 is 0 Å². The molecule has 1 fully saturated rings. The lowest BCUT2D eigenvalue weighted by Gasteiger charge is -2.39. The fraction of sp³-hybridized carbons (Fsp3) is 0.625.